The molecule has 0 atom stereocenters. The fraction of sp³-hybridized carbons (Fsp3) is 0.0714. The van der Waals surface area contributed by atoms with Crippen molar-refractivity contribution >= 4 is 17.5 Å². The van der Waals surface area contributed by atoms with Crippen LogP contribution < -0.4 is 14.8 Å². The molecule has 0 bridgehead atoms. The van der Waals surface area contributed by atoms with Crippen LogP contribution in [0, 0.1) is 15.9 Å². The number of anilines is 1. The lowest BCUT2D eigenvalue weighted by atomic mass is 10.2. The quantitative estimate of drug-likeness (QED) is 0.691. The Balaban J connectivity index is 2.13. The molecule has 0 aromatic heterocycles. The molecule has 22 heavy (non-hydrogen) atoms. The third-order valence-electron chi connectivity index (χ3n) is 2.64. The van der Waals surface area contributed by atoms with Crippen LogP contribution in [0.5, 0.6) is 11.5 Å². The highest BCUT2D eigenvalue weighted by Crippen LogP contribution is 2.25. The van der Waals surface area contributed by atoms with E-state index in [4.69, 9.17) is 9.47 Å². The summed E-state index contributed by atoms with van der Waals surface area (Å²) in [5, 5.41) is 13.0. The molecule has 2 rings (SSSR count). The van der Waals surface area contributed by atoms with Crippen LogP contribution in [0.1, 0.15) is 0 Å². The Labute approximate surface area is 124 Å². The van der Waals surface area contributed by atoms with Gasteiger partial charge in [-0.2, -0.15) is 0 Å². The van der Waals surface area contributed by atoms with E-state index in [-0.39, 0.29) is 11.4 Å². The van der Waals surface area contributed by atoms with Crippen LogP contribution in [-0.4, -0.2) is 18.1 Å². The second-order valence-corrected chi connectivity index (χ2v) is 4.11. The molecule has 1 N–H and O–H groups in total. The van der Waals surface area contributed by atoms with Gasteiger partial charge in [0, 0.05) is 6.07 Å². The minimum Gasteiger partial charge on any atom is -0.497 e. The molecule has 0 fully saturated rings. The van der Waals surface area contributed by atoms with Crippen molar-refractivity contribution in [3.05, 3.63) is 58.4 Å². The molecular weight excluding hydrogens is 295 g/mol. The summed E-state index contributed by atoms with van der Waals surface area (Å²) in [6, 6.07) is 9.05. The Bertz CT molecular complexity index is 720. The van der Waals surface area contributed by atoms with E-state index in [0.29, 0.717) is 11.8 Å². The summed E-state index contributed by atoms with van der Waals surface area (Å²) in [5.41, 5.74) is -0.734. The zero-order valence-electron chi connectivity index (χ0n) is 11.4. The van der Waals surface area contributed by atoms with Crippen molar-refractivity contribution in [1.29, 1.82) is 0 Å². The zero-order valence-corrected chi connectivity index (χ0v) is 11.4. The first-order valence-corrected chi connectivity index (χ1v) is 6.06. The van der Waals surface area contributed by atoms with Crippen LogP contribution >= 0.6 is 0 Å². The van der Waals surface area contributed by atoms with E-state index in [0.717, 1.165) is 12.1 Å². The SMILES string of the molecule is COc1cccc(OC(=O)Nc2ccc(F)cc2[N+](=O)[O-])c1. The molecule has 7 nitrogen and oxygen atoms in total. The molecule has 0 saturated carbocycles. The van der Waals surface area contributed by atoms with E-state index in [1.807, 2.05) is 0 Å². The lowest BCUT2D eigenvalue weighted by molar-refractivity contribution is -0.384. The predicted molar refractivity (Wildman–Crippen MR) is 75.7 cm³/mol. The van der Waals surface area contributed by atoms with Crippen molar-refractivity contribution in [1.82, 2.24) is 0 Å². The largest absolute Gasteiger partial charge is 0.497 e. The molecule has 114 valence electrons. The lowest BCUT2D eigenvalue weighted by Gasteiger charge is -2.08. The molecular formula is C14H11FN2O5. The predicted octanol–water partition coefficient (Wildman–Crippen LogP) is 3.35. The van der Waals surface area contributed by atoms with Crippen LogP contribution in [0.3, 0.4) is 0 Å². The number of ether oxygens (including phenoxy) is 2. The molecule has 0 heterocycles. The van der Waals surface area contributed by atoms with E-state index in [2.05, 4.69) is 5.32 Å². The summed E-state index contributed by atoms with van der Waals surface area (Å²) in [6.45, 7) is 0. The average Bonchev–Trinajstić information content (AvgIpc) is 2.49. The van der Waals surface area contributed by atoms with Crippen LogP contribution in [0.4, 0.5) is 20.6 Å². The van der Waals surface area contributed by atoms with Gasteiger partial charge in [0.2, 0.25) is 0 Å². The lowest BCUT2D eigenvalue weighted by Crippen LogP contribution is -2.17. The summed E-state index contributed by atoms with van der Waals surface area (Å²) in [4.78, 5) is 21.8. The van der Waals surface area contributed by atoms with Crippen LogP contribution in [0.2, 0.25) is 0 Å². The number of benzene rings is 2. The average molecular weight is 306 g/mol. The number of nitro benzene ring substituents is 1. The maximum atomic E-state index is 13.0. The number of amides is 1. The monoisotopic (exact) mass is 306 g/mol. The zero-order chi connectivity index (χ0) is 16.1. The van der Waals surface area contributed by atoms with Gasteiger partial charge in [0.1, 0.15) is 23.0 Å². The molecule has 0 aliphatic heterocycles. The fourth-order valence-corrected chi connectivity index (χ4v) is 1.67. The highest BCUT2D eigenvalue weighted by Gasteiger charge is 2.17. The van der Waals surface area contributed by atoms with Gasteiger partial charge < -0.3 is 9.47 Å². The molecule has 2 aromatic carbocycles. The molecule has 0 saturated heterocycles. The van der Waals surface area contributed by atoms with Gasteiger partial charge in [-0.15, -0.1) is 0 Å². The second-order valence-electron chi connectivity index (χ2n) is 4.11. The third-order valence-corrected chi connectivity index (χ3v) is 2.64. The van der Waals surface area contributed by atoms with E-state index in [9.17, 15) is 19.3 Å². The van der Waals surface area contributed by atoms with Crippen molar-refractivity contribution in [3.63, 3.8) is 0 Å². The number of halogens is 1. The minimum absolute atomic E-state index is 0.167. The number of carbonyl (C=O) groups excluding carboxylic acids is 1. The normalized spacial score (nSPS) is 9.91. The molecule has 0 aliphatic rings. The van der Waals surface area contributed by atoms with Crippen molar-refractivity contribution in [2.24, 2.45) is 0 Å². The van der Waals surface area contributed by atoms with E-state index in [1.165, 1.54) is 19.2 Å². The number of methoxy groups -OCH3 is 1. The standard InChI is InChI=1S/C14H11FN2O5/c1-21-10-3-2-4-11(8-10)22-14(18)16-12-6-5-9(15)7-13(12)17(19)20/h2-8H,1H3,(H,16,18). The Morgan fingerprint density at radius 1 is 1.23 bits per heavy atom. The Kier molecular flexibility index (Phi) is 4.52. The summed E-state index contributed by atoms with van der Waals surface area (Å²) in [5.74, 6) is -0.0990. The molecule has 0 unspecified atom stereocenters. The molecule has 0 spiro atoms. The molecule has 8 heteroatoms. The highest BCUT2D eigenvalue weighted by atomic mass is 19.1. The fourth-order valence-electron chi connectivity index (χ4n) is 1.67. The maximum Gasteiger partial charge on any atom is 0.417 e. The molecule has 1 amide bonds. The highest BCUT2D eigenvalue weighted by molar-refractivity contribution is 5.89. The Morgan fingerprint density at radius 3 is 2.64 bits per heavy atom. The molecule has 0 radical (unpaired) electrons. The van der Waals surface area contributed by atoms with Crippen molar-refractivity contribution in [2.45, 2.75) is 0 Å². The van der Waals surface area contributed by atoms with Crippen LogP contribution in [0.25, 0.3) is 0 Å². The van der Waals surface area contributed by atoms with Gasteiger partial charge in [0.25, 0.3) is 5.69 Å². The van der Waals surface area contributed by atoms with Gasteiger partial charge >= 0.3 is 6.09 Å². The summed E-state index contributed by atoms with van der Waals surface area (Å²) < 4.78 is 23.0. The van der Waals surface area contributed by atoms with Gasteiger partial charge in [0.15, 0.2) is 0 Å². The summed E-state index contributed by atoms with van der Waals surface area (Å²) in [6.07, 6.45) is -0.942. The number of hydrogen-bond donors (Lipinski definition) is 1. The van der Waals surface area contributed by atoms with Gasteiger partial charge in [-0.3, -0.25) is 15.4 Å². The van der Waals surface area contributed by atoms with Gasteiger partial charge in [-0.1, -0.05) is 6.07 Å². The third kappa shape index (κ3) is 3.69. The summed E-state index contributed by atoms with van der Waals surface area (Å²) >= 11 is 0. The first-order chi connectivity index (χ1) is 10.5. The summed E-state index contributed by atoms with van der Waals surface area (Å²) in [7, 11) is 1.46. The smallest absolute Gasteiger partial charge is 0.417 e. The van der Waals surface area contributed by atoms with Gasteiger partial charge in [-0.05, 0) is 24.3 Å². The van der Waals surface area contributed by atoms with Gasteiger partial charge in [-0.25, -0.2) is 9.18 Å². The van der Waals surface area contributed by atoms with E-state index >= 15 is 0 Å². The Morgan fingerprint density at radius 2 is 1.95 bits per heavy atom. The number of nitrogens with one attached hydrogen (secondary N) is 1. The number of nitrogens with zero attached hydrogens (tertiary/aromatic N) is 1. The van der Waals surface area contributed by atoms with Crippen LogP contribution in [0.15, 0.2) is 42.5 Å². The van der Waals surface area contributed by atoms with Crippen molar-refractivity contribution < 1.29 is 23.6 Å². The maximum absolute atomic E-state index is 13.0. The molecule has 2 aromatic rings. The second kappa shape index (κ2) is 6.53. The number of rotatable bonds is 4. The van der Waals surface area contributed by atoms with Gasteiger partial charge in [0.05, 0.1) is 18.1 Å². The van der Waals surface area contributed by atoms with E-state index in [1.54, 1.807) is 12.1 Å². The van der Waals surface area contributed by atoms with Crippen molar-refractivity contribution in [2.75, 3.05) is 12.4 Å². The minimum atomic E-state index is -0.942. The first kappa shape index (κ1) is 15.2. The molecule has 0 aliphatic carbocycles. The number of nitro groups is 1. The first-order valence-electron chi connectivity index (χ1n) is 6.06. The van der Waals surface area contributed by atoms with E-state index < -0.39 is 22.5 Å². The van der Waals surface area contributed by atoms with Crippen molar-refractivity contribution in [3.8, 4) is 11.5 Å². The number of hydrogen-bond acceptors (Lipinski definition) is 5. The number of carbonyl (C=O) groups is 1. The topological polar surface area (TPSA) is 90.7 Å². The Hall–Kier alpha value is -3.16. The van der Waals surface area contributed by atoms with Crippen LogP contribution in [-0.2, 0) is 0 Å².